The standard InChI is InChI=1S/C19H17N3O3S/c23-18(16-3-1-9-25-16)22-8-7-13-5-6-15(11-14(13)12-22)20-19(24)21-17-4-2-10-26-17/h1-6,9-11H,7-8,12H2,(H2,20,21,24). The van der Waals surface area contributed by atoms with Crippen LogP contribution < -0.4 is 10.6 Å². The predicted molar refractivity (Wildman–Crippen MR) is 101 cm³/mol. The van der Waals surface area contributed by atoms with Gasteiger partial charge in [0.25, 0.3) is 5.91 Å². The van der Waals surface area contributed by atoms with Crippen LogP contribution in [0, 0.1) is 0 Å². The Kier molecular flexibility index (Phi) is 4.45. The third-order valence-electron chi connectivity index (χ3n) is 4.25. The maximum absolute atomic E-state index is 12.5. The molecule has 0 radical (unpaired) electrons. The molecule has 1 aliphatic heterocycles. The van der Waals surface area contributed by atoms with Gasteiger partial charge in [-0.1, -0.05) is 6.07 Å². The minimum Gasteiger partial charge on any atom is -0.459 e. The molecular weight excluding hydrogens is 350 g/mol. The number of rotatable bonds is 3. The van der Waals surface area contributed by atoms with Crippen LogP contribution in [0.25, 0.3) is 0 Å². The maximum atomic E-state index is 12.5. The number of thiophene rings is 1. The molecule has 0 saturated heterocycles. The summed E-state index contributed by atoms with van der Waals surface area (Å²) in [5, 5.41) is 8.31. The number of hydrogen-bond acceptors (Lipinski definition) is 4. The molecule has 7 heteroatoms. The molecule has 3 heterocycles. The van der Waals surface area contributed by atoms with E-state index in [1.165, 1.54) is 23.2 Å². The fraction of sp³-hybridized carbons (Fsp3) is 0.158. The van der Waals surface area contributed by atoms with Gasteiger partial charge in [0.2, 0.25) is 0 Å². The first-order chi connectivity index (χ1) is 12.7. The summed E-state index contributed by atoms with van der Waals surface area (Å²) in [6, 6.07) is 12.6. The molecule has 0 atom stereocenters. The van der Waals surface area contributed by atoms with Crippen LogP contribution in [0.5, 0.6) is 0 Å². The second kappa shape index (κ2) is 7.05. The van der Waals surface area contributed by atoms with Crippen molar-refractivity contribution in [2.24, 2.45) is 0 Å². The van der Waals surface area contributed by atoms with E-state index < -0.39 is 0 Å². The Hall–Kier alpha value is -3.06. The number of nitrogens with zero attached hydrogens (tertiary/aromatic N) is 1. The van der Waals surface area contributed by atoms with Crippen molar-refractivity contribution >= 4 is 34.0 Å². The first-order valence-corrected chi connectivity index (χ1v) is 9.13. The number of amides is 3. The van der Waals surface area contributed by atoms with Gasteiger partial charge in [-0.3, -0.25) is 10.1 Å². The topological polar surface area (TPSA) is 74.6 Å². The van der Waals surface area contributed by atoms with E-state index >= 15 is 0 Å². The van der Waals surface area contributed by atoms with Crippen LogP contribution in [-0.2, 0) is 13.0 Å². The molecule has 1 aromatic carbocycles. The van der Waals surface area contributed by atoms with Crippen molar-refractivity contribution in [1.29, 1.82) is 0 Å². The van der Waals surface area contributed by atoms with Gasteiger partial charge in [-0.2, -0.15) is 0 Å². The number of anilines is 2. The lowest BCUT2D eigenvalue weighted by atomic mass is 9.99. The van der Waals surface area contributed by atoms with Crippen molar-refractivity contribution in [3.05, 3.63) is 71.0 Å². The van der Waals surface area contributed by atoms with Gasteiger partial charge in [-0.05, 0) is 59.3 Å². The van der Waals surface area contributed by atoms with Crippen LogP contribution in [-0.4, -0.2) is 23.4 Å². The SMILES string of the molecule is O=C(Nc1ccc2c(c1)CN(C(=O)c1ccco1)CC2)Nc1cccs1. The number of hydrogen-bond donors (Lipinski definition) is 2. The number of carbonyl (C=O) groups is 2. The average Bonchev–Trinajstić information content (AvgIpc) is 3.34. The second-order valence-corrected chi connectivity index (χ2v) is 6.94. The molecule has 132 valence electrons. The Morgan fingerprint density at radius 1 is 1.08 bits per heavy atom. The Bertz CT molecular complexity index is 920. The van der Waals surface area contributed by atoms with Gasteiger partial charge in [0, 0.05) is 18.8 Å². The van der Waals surface area contributed by atoms with Crippen LogP contribution in [0.15, 0.2) is 58.5 Å². The van der Waals surface area contributed by atoms with Crippen molar-refractivity contribution < 1.29 is 14.0 Å². The van der Waals surface area contributed by atoms with Crippen LogP contribution >= 0.6 is 11.3 Å². The molecule has 4 rings (SSSR count). The Morgan fingerprint density at radius 2 is 2.00 bits per heavy atom. The molecule has 3 amide bonds. The van der Waals surface area contributed by atoms with E-state index in [2.05, 4.69) is 10.6 Å². The zero-order valence-electron chi connectivity index (χ0n) is 13.9. The molecule has 0 saturated carbocycles. The number of furan rings is 1. The predicted octanol–water partition coefficient (Wildman–Crippen LogP) is 4.18. The Morgan fingerprint density at radius 3 is 2.77 bits per heavy atom. The van der Waals surface area contributed by atoms with Crippen molar-refractivity contribution in [2.45, 2.75) is 13.0 Å². The van der Waals surface area contributed by atoms with Gasteiger partial charge in [0.15, 0.2) is 5.76 Å². The van der Waals surface area contributed by atoms with Gasteiger partial charge >= 0.3 is 6.03 Å². The lowest BCUT2D eigenvalue weighted by Gasteiger charge is -2.28. The molecule has 0 bridgehead atoms. The molecule has 2 N–H and O–H groups in total. The average molecular weight is 367 g/mol. The summed E-state index contributed by atoms with van der Waals surface area (Å²) in [7, 11) is 0. The highest BCUT2D eigenvalue weighted by Crippen LogP contribution is 2.24. The molecule has 0 unspecified atom stereocenters. The quantitative estimate of drug-likeness (QED) is 0.729. The number of fused-ring (bicyclic) bond motifs is 1. The van der Waals surface area contributed by atoms with Gasteiger partial charge < -0.3 is 14.6 Å². The minimum absolute atomic E-state index is 0.116. The molecule has 3 aromatic rings. The van der Waals surface area contributed by atoms with E-state index in [1.54, 1.807) is 17.0 Å². The highest BCUT2D eigenvalue weighted by atomic mass is 32.1. The highest BCUT2D eigenvalue weighted by molar-refractivity contribution is 7.14. The fourth-order valence-electron chi connectivity index (χ4n) is 2.99. The zero-order valence-corrected chi connectivity index (χ0v) is 14.7. The lowest BCUT2D eigenvalue weighted by molar-refractivity contribution is 0.0702. The number of nitrogens with one attached hydrogen (secondary N) is 2. The van der Waals surface area contributed by atoms with Crippen molar-refractivity contribution in [1.82, 2.24) is 4.90 Å². The first-order valence-electron chi connectivity index (χ1n) is 8.25. The first kappa shape index (κ1) is 16.4. The largest absolute Gasteiger partial charge is 0.459 e. The van der Waals surface area contributed by atoms with Crippen molar-refractivity contribution in [3.8, 4) is 0 Å². The minimum atomic E-state index is -0.285. The maximum Gasteiger partial charge on any atom is 0.324 e. The summed E-state index contributed by atoms with van der Waals surface area (Å²) in [6.45, 7) is 1.15. The second-order valence-electron chi connectivity index (χ2n) is 5.99. The fourth-order valence-corrected chi connectivity index (χ4v) is 3.60. The number of urea groups is 1. The van der Waals surface area contributed by atoms with Crippen molar-refractivity contribution in [3.63, 3.8) is 0 Å². The van der Waals surface area contributed by atoms with Gasteiger partial charge in [-0.25, -0.2) is 4.79 Å². The van der Waals surface area contributed by atoms with Gasteiger partial charge in [0.05, 0.1) is 11.3 Å². The van der Waals surface area contributed by atoms with Gasteiger partial charge in [-0.15, -0.1) is 11.3 Å². The number of carbonyl (C=O) groups excluding carboxylic acids is 2. The van der Waals surface area contributed by atoms with E-state index in [0.717, 1.165) is 17.0 Å². The normalized spacial score (nSPS) is 13.2. The summed E-state index contributed by atoms with van der Waals surface area (Å²) in [4.78, 5) is 26.3. The monoisotopic (exact) mass is 367 g/mol. The van der Waals surface area contributed by atoms with Crippen molar-refractivity contribution in [2.75, 3.05) is 17.2 Å². The molecule has 26 heavy (non-hydrogen) atoms. The molecule has 1 aliphatic rings. The van der Waals surface area contributed by atoms with Crippen LogP contribution in [0.1, 0.15) is 21.7 Å². The molecule has 0 spiro atoms. The van der Waals surface area contributed by atoms with E-state index in [4.69, 9.17) is 4.42 Å². The number of benzene rings is 1. The third-order valence-corrected chi connectivity index (χ3v) is 5.04. The van der Waals surface area contributed by atoms with Crippen LogP contribution in [0.2, 0.25) is 0 Å². The van der Waals surface area contributed by atoms with E-state index in [9.17, 15) is 9.59 Å². The summed E-state index contributed by atoms with van der Waals surface area (Å²) in [5.41, 5.74) is 2.92. The van der Waals surface area contributed by atoms with E-state index in [0.29, 0.717) is 24.5 Å². The molecular formula is C19H17N3O3S. The molecule has 0 fully saturated rings. The van der Waals surface area contributed by atoms with E-state index in [1.807, 2.05) is 35.7 Å². The highest BCUT2D eigenvalue weighted by Gasteiger charge is 2.23. The Balaban J connectivity index is 1.45. The smallest absolute Gasteiger partial charge is 0.324 e. The molecule has 2 aromatic heterocycles. The summed E-state index contributed by atoms with van der Waals surface area (Å²) >= 11 is 1.46. The van der Waals surface area contributed by atoms with Gasteiger partial charge in [0.1, 0.15) is 0 Å². The van der Waals surface area contributed by atoms with Crippen LogP contribution in [0.3, 0.4) is 0 Å². The van der Waals surface area contributed by atoms with E-state index in [-0.39, 0.29) is 11.9 Å². The summed E-state index contributed by atoms with van der Waals surface area (Å²) < 4.78 is 5.21. The summed E-state index contributed by atoms with van der Waals surface area (Å²) in [6.07, 6.45) is 2.28. The molecule has 6 nitrogen and oxygen atoms in total. The summed E-state index contributed by atoms with van der Waals surface area (Å²) in [5.74, 6) is 0.229. The molecule has 0 aliphatic carbocycles. The lowest BCUT2D eigenvalue weighted by Crippen LogP contribution is -2.35. The van der Waals surface area contributed by atoms with Crippen LogP contribution in [0.4, 0.5) is 15.5 Å². The Labute approximate surface area is 154 Å². The third kappa shape index (κ3) is 3.48. The zero-order chi connectivity index (χ0) is 17.9.